The Morgan fingerprint density at radius 3 is 2.65 bits per heavy atom. The van der Waals surface area contributed by atoms with Crippen LogP contribution < -0.4 is 0 Å². The Hall–Kier alpha value is -1.11. The Balaban J connectivity index is 1.49. The lowest BCUT2D eigenvalue weighted by Gasteiger charge is -2.31. The van der Waals surface area contributed by atoms with Gasteiger partial charge in [0.25, 0.3) is 0 Å². The molecule has 0 bridgehead atoms. The second-order valence-corrected chi connectivity index (χ2v) is 7.46. The van der Waals surface area contributed by atoms with Gasteiger partial charge >= 0.3 is 0 Å². The number of rotatable bonds is 9. The van der Waals surface area contributed by atoms with Gasteiger partial charge in [-0.1, -0.05) is 43.9 Å². The third kappa shape index (κ3) is 6.12. The van der Waals surface area contributed by atoms with Crippen molar-refractivity contribution in [2.45, 2.75) is 75.4 Å². The Morgan fingerprint density at radius 2 is 1.96 bits per heavy atom. The molecule has 0 aliphatic heterocycles. The summed E-state index contributed by atoms with van der Waals surface area (Å²) >= 11 is 1.69. The largest absolute Gasteiger partial charge is 0.343 e. The fraction of sp³-hybridized carbons (Fsp3) is 0.875. The lowest BCUT2D eigenvalue weighted by molar-refractivity contribution is -0.132. The molecule has 130 valence electrons. The minimum Gasteiger partial charge on any atom is -0.343 e. The molecule has 1 saturated carbocycles. The van der Waals surface area contributed by atoms with E-state index < -0.39 is 0 Å². The van der Waals surface area contributed by atoms with Crippen LogP contribution in [0.25, 0.3) is 0 Å². The Kier molecular flexibility index (Phi) is 7.85. The average Bonchev–Trinajstić information content (AvgIpc) is 2.99. The van der Waals surface area contributed by atoms with Crippen molar-refractivity contribution in [2.24, 2.45) is 7.05 Å². The number of nitrogens with zero attached hydrogens (tertiary/aromatic N) is 5. The van der Waals surface area contributed by atoms with E-state index in [-0.39, 0.29) is 0 Å². The van der Waals surface area contributed by atoms with E-state index in [4.69, 9.17) is 0 Å². The van der Waals surface area contributed by atoms with Crippen LogP contribution in [0.3, 0.4) is 0 Å². The summed E-state index contributed by atoms with van der Waals surface area (Å²) in [7, 11) is 3.85. The highest BCUT2D eigenvalue weighted by Crippen LogP contribution is 2.22. The van der Waals surface area contributed by atoms with E-state index in [2.05, 4.69) is 15.5 Å². The molecule has 23 heavy (non-hydrogen) atoms. The van der Waals surface area contributed by atoms with Crippen molar-refractivity contribution in [3.05, 3.63) is 0 Å². The zero-order chi connectivity index (χ0) is 16.5. The molecule has 1 aromatic rings. The summed E-state index contributed by atoms with van der Waals surface area (Å²) in [6.45, 7) is 0. The third-order valence-corrected chi connectivity index (χ3v) is 5.71. The molecule has 0 saturated heterocycles. The smallest absolute Gasteiger partial charge is 0.222 e. The summed E-state index contributed by atoms with van der Waals surface area (Å²) in [4.78, 5) is 14.2. The second kappa shape index (κ2) is 9.90. The van der Waals surface area contributed by atoms with Crippen molar-refractivity contribution in [3.8, 4) is 0 Å². The molecule has 0 unspecified atom stereocenters. The van der Waals surface area contributed by atoms with Crippen molar-refractivity contribution in [1.82, 2.24) is 25.1 Å². The van der Waals surface area contributed by atoms with Crippen molar-refractivity contribution < 1.29 is 4.79 Å². The molecule has 1 amide bonds. The van der Waals surface area contributed by atoms with Crippen LogP contribution in [0.5, 0.6) is 0 Å². The summed E-state index contributed by atoms with van der Waals surface area (Å²) in [5.74, 6) is 1.36. The minimum atomic E-state index is 0.330. The summed E-state index contributed by atoms with van der Waals surface area (Å²) < 4.78 is 1.70. The highest BCUT2D eigenvalue weighted by molar-refractivity contribution is 7.99. The van der Waals surface area contributed by atoms with Gasteiger partial charge in [0.2, 0.25) is 11.1 Å². The first-order chi connectivity index (χ1) is 11.2. The molecule has 1 aromatic heterocycles. The van der Waals surface area contributed by atoms with Crippen LogP contribution in [0.2, 0.25) is 0 Å². The summed E-state index contributed by atoms with van der Waals surface area (Å²) in [6, 6.07) is 0.493. The van der Waals surface area contributed by atoms with Crippen LogP contribution in [-0.2, 0) is 11.8 Å². The van der Waals surface area contributed by atoms with Gasteiger partial charge in [-0.25, -0.2) is 4.68 Å². The van der Waals surface area contributed by atoms with Gasteiger partial charge in [-0.05, 0) is 36.1 Å². The molecule has 7 heteroatoms. The lowest BCUT2D eigenvalue weighted by Crippen LogP contribution is -2.38. The standard InChI is InChI=1S/C16H29N5OS/c1-20(14-10-6-5-7-11-14)15(22)12-8-3-4-9-13-23-16-17-18-19-21(16)2/h14H,3-13H2,1-2H3. The molecule has 0 atom stereocenters. The second-order valence-electron chi connectivity index (χ2n) is 6.39. The van der Waals surface area contributed by atoms with Crippen LogP contribution in [0, 0.1) is 0 Å². The molecule has 1 aliphatic rings. The maximum absolute atomic E-state index is 12.2. The normalized spacial score (nSPS) is 15.7. The van der Waals surface area contributed by atoms with Gasteiger partial charge in [0.05, 0.1) is 0 Å². The van der Waals surface area contributed by atoms with E-state index in [1.807, 2.05) is 19.0 Å². The van der Waals surface area contributed by atoms with E-state index in [1.165, 1.54) is 38.5 Å². The number of amides is 1. The Morgan fingerprint density at radius 1 is 1.22 bits per heavy atom. The third-order valence-electron chi connectivity index (χ3n) is 4.61. The molecule has 0 radical (unpaired) electrons. The first-order valence-corrected chi connectivity index (χ1v) is 9.78. The van der Waals surface area contributed by atoms with Crippen molar-refractivity contribution in [3.63, 3.8) is 0 Å². The first kappa shape index (κ1) is 18.2. The van der Waals surface area contributed by atoms with Crippen LogP contribution >= 0.6 is 11.8 Å². The number of carbonyl (C=O) groups excluding carboxylic acids is 1. The van der Waals surface area contributed by atoms with Gasteiger partial charge in [-0.15, -0.1) is 5.10 Å². The van der Waals surface area contributed by atoms with Gasteiger partial charge in [0.15, 0.2) is 0 Å². The van der Waals surface area contributed by atoms with Gasteiger partial charge < -0.3 is 4.90 Å². The topological polar surface area (TPSA) is 63.9 Å². The number of aryl methyl sites for hydroxylation is 1. The fourth-order valence-electron chi connectivity index (χ4n) is 3.09. The maximum Gasteiger partial charge on any atom is 0.222 e. The highest BCUT2D eigenvalue weighted by atomic mass is 32.2. The summed E-state index contributed by atoms with van der Waals surface area (Å²) in [5.41, 5.74) is 0. The molecule has 0 aromatic carbocycles. The molecule has 0 spiro atoms. The van der Waals surface area contributed by atoms with Gasteiger partial charge in [-0.2, -0.15) is 0 Å². The number of aromatic nitrogens is 4. The monoisotopic (exact) mass is 339 g/mol. The Bertz CT molecular complexity index is 473. The number of hydrogen-bond donors (Lipinski definition) is 0. The summed E-state index contributed by atoms with van der Waals surface area (Å²) in [5, 5.41) is 12.3. The maximum atomic E-state index is 12.2. The van der Waals surface area contributed by atoms with Gasteiger partial charge in [0.1, 0.15) is 0 Å². The molecule has 6 nitrogen and oxygen atoms in total. The predicted molar refractivity (Wildman–Crippen MR) is 92.3 cm³/mol. The van der Waals surface area contributed by atoms with Crippen LogP contribution in [0.1, 0.15) is 64.2 Å². The van der Waals surface area contributed by atoms with Crippen molar-refractivity contribution in [2.75, 3.05) is 12.8 Å². The van der Waals surface area contributed by atoms with E-state index in [0.29, 0.717) is 18.4 Å². The highest BCUT2D eigenvalue weighted by Gasteiger charge is 2.21. The Labute approximate surface area is 143 Å². The van der Waals surface area contributed by atoms with Gasteiger partial charge in [0, 0.05) is 32.3 Å². The molecule has 1 heterocycles. The van der Waals surface area contributed by atoms with Crippen LogP contribution in [-0.4, -0.2) is 49.9 Å². The number of hydrogen-bond acceptors (Lipinski definition) is 5. The predicted octanol–water partition coefficient (Wildman–Crippen LogP) is 3.04. The average molecular weight is 340 g/mol. The summed E-state index contributed by atoms with van der Waals surface area (Å²) in [6.07, 6.45) is 11.4. The SMILES string of the molecule is CN(C(=O)CCCCCCSc1nnnn1C)C1CCCCC1. The molecular weight excluding hydrogens is 310 g/mol. The van der Waals surface area contributed by atoms with E-state index in [9.17, 15) is 4.79 Å². The molecule has 0 N–H and O–H groups in total. The number of unbranched alkanes of at least 4 members (excludes halogenated alkanes) is 3. The molecule has 1 fully saturated rings. The lowest BCUT2D eigenvalue weighted by atomic mass is 9.94. The quantitative estimate of drug-likeness (QED) is 0.511. The first-order valence-electron chi connectivity index (χ1n) is 8.79. The molecular formula is C16H29N5OS. The number of thioether (sulfide) groups is 1. The zero-order valence-electron chi connectivity index (χ0n) is 14.4. The molecule has 2 rings (SSSR count). The van der Waals surface area contributed by atoms with Crippen molar-refractivity contribution >= 4 is 17.7 Å². The number of carbonyl (C=O) groups is 1. The fourth-order valence-corrected chi connectivity index (χ4v) is 3.94. The van der Waals surface area contributed by atoms with E-state index >= 15 is 0 Å². The zero-order valence-corrected chi connectivity index (χ0v) is 15.2. The minimum absolute atomic E-state index is 0.330. The van der Waals surface area contributed by atoms with Crippen LogP contribution in [0.15, 0.2) is 5.16 Å². The van der Waals surface area contributed by atoms with Gasteiger partial charge in [-0.3, -0.25) is 4.79 Å². The van der Waals surface area contributed by atoms with Crippen LogP contribution in [0.4, 0.5) is 0 Å². The molecule has 1 aliphatic carbocycles. The number of tetrazole rings is 1. The van der Waals surface area contributed by atoms with E-state index in [1.54, 1.807) is 16.4 Å². The van der Waals surface area contributed by atoms with E-state index in [0.717, 1.165) is 30.2 Å². The van der Waals surface area contributed by atoms with Crippen molar-refractivity contribution in [1.29, 1.82) is 0 Å².